The molecule has 3 aromatic carbocycles. The van der Waals surface area contributed by atoms with Gasteiger partial charge in [0.1, 0.15) is 23.5 Å². The second-order valence-corrected chi connectivity index (χ2v) is 8.11. The predicted molar refractivity (Wildman–Crippen MR) is 126 cm³/mol. The first-order valence-electron chi connectivity index (χ1n) is 10.1. The molecule has 0 spiro atoms. The van der Waals surface area contributed by atoms with E-state index in [9.17, 15) is 10.5 Å². The molecule has 0 atom stereocenters. The van der Waals surface area contributed by atoms with E-state index in [1.165, 1.54) is 16.8 Å². The Morgan fingerprint density at radius 3 is 2.19 bits per heavy atom. The molecule has 2 heterocycles. The van der Waals surface area contributed by atoms with Crippen molar-refractivity contribution < 1.29 is 0 Å². The maximum Gasteiger partial charge on any atom is 0.136 e. The summed E-state index contributed by atoms with van der Waals surface area (Å²) in [5.41, 5.74) is 7.08. The number of nitrogens with one attached hydrogen (secondary N) is 1. The molecule has 0 saturated carbocycles. The first kappa shape index (κ1) is 18.8. The lowest BCUT2D eigenvalue weighted by Gasteiger charge is -2.14. The van der Waals surface area contributed by atoms with Gasteiger partial charge >= 0.3 is 0 Å². The zero-order valence-corrected chi connectivity index (χ0v) is 17.9. The number of benzene rings is 3. The molecule has 1 N–H and O–H groups in total. The number of hydrogen-bond donors (Lipinski definition) is 1. The Bertz CT molecular complexity index is 1610. The normalized spacial score (nSPS) is 14.3. The van der Waals surface area contributed by atoms with E-state index in [2.05, 4.69) is 66.0 Å². The minimum atomic E-state index is 0.128. The van der Waals surface area contributed by atoms with Crippen LogP contribution in [0.1, 0.15) is 11.1 Å². The molecule has 1 aliphatic rings. The van der Waals surface area contributed by atoms with Gasteiger partial charge < -0.3 is 14.8 Å². The van der Waals surface area contributed by atoms with Gasteiger partial charge in [-0.05, 0) is 49.2 Å². The van der Waals surface area contributed by atoms with Crippen molar-refractivity contribution in [2.24, 2.45) is 7.05 Å². The van der Waals surface area contributed by atoms with Gasteiger partial charge in [0.25, 0.3) is 0 Å². The van der Waals surface area contributed by atoms with Gasteiger partial charge in [0.05, 0.1) is 11.4 Å². The zero-order valence-electron chi connectivity index (χ0n) is 17.9. The van der Waals surface area contributed by atoms with Gasteiger partial charge in [-0.1, -0.05) is 24.3 Å². The summed E-state index contributed by atoms with van der Waals surface area (Å²) in [4.78, 5) is 2.20. The van der Waals surface area contributed by atoms with Crippen molar-refractivity contribution in [2.45, 2.75) is 13.8 Å². The zero-order chi connectivity index (χ0) is 21.9. The second kappa shape index (κ2) is 6.65. The fourth-order valence-electron chi connectivity index (χ4n) is 4.44. The van der Waals surface area contributed by atoms with Crippen LogP contribution in [0.3, 0.4) is 0 Å². The van der Waals surface area contributed by atoms with Crippen molar-refractivity contribution in [3.63, 3.8) is 0 Å². The monoisotopic (exact) mass is 403 g/mol. The van der Waals surface area contributed by atoms with Gasteiger partial charge in [-0.3, -0.25) is 0 Å². The predicted octanol–water partition coefficient (Wildman–Crippen LogP) is 3.77. The first-order valence-corrected chi connectivity index (χ1v) is 10.1. The molecule has 0 unspecified atom stereocenters. The third kappa shape index (κ3) is 2.68. The molecule has 4 aromatic rings. The maximum atomic E-state index is 9.22. The van der Waals surface area contributed by atoms with Crippen LogP contribution in [-0.2, 0) is 7.05 Å². The Labute approximate surface area is 180 Å². The Morgan fingerprint density at radius 1 is 0.839 bits per heavy atom. The van der Waals surface area contributed by atoms with Crippen molar-refractivity contribution in [1.29, 1.82) is 10.5 Å². The molecule has 0 amide bonds. The van der Waals surface area contributed by atoms with E-state index in [0.717, 1.165) is 38.5 Å². The van der Waals surface area contributed by atoms with Crippen LogP contribution in [0.25, 0.3) is 33.2 Å². The van der Waals surface area contributed by atoms with Crippen LogP contribution in [0.2, 0.25) is 0 Å². The highest BCUT2D eigenvalue weighted by molar-refractivity contribution is 6.08. The molecule has 0 fully saturated rings. The van der Waals surface area contributed by atoms with Crippen molar-refractivity contribution in [1.82, 2.24) is 4.57 Å². The first-order chi connectivity index (χ1) is 14.9. The number of fused-ring (bicyclic) bond motifs is 4. The van der Waals surface area contributed by atoms with E-state index in [1.54, 1.807) is 0 Å². The smallest absolute Gasteiger partial charge is 0.136 e. The molecule has 150 valence electrons. The number of nitriles is 2. The number of aromatic nitrogens is 1. The second-order valence-electron chi connectivity index (χ2n) is 8.11. The molecule has 0 saturated heterocycles. The summed E-state index contributed by atoms with van der Waals surface area (Å²) in [6, 6.07) is 20.6. The Hall–Kier alpha value is -4.22. The molecule has 0 radical (unpaired) electrons. The number of aryl methyl sites for hydroxylation is 3. The summed E-state index contributed by atoms with van der Waals surface area (Å²) in [6.45, 7) is 4.27. The van der Waals surface area contributed by atoms with Crippen LogP contribution in [0.15, 0.2) is 48.5 Å². The molecular formula is C26H21N5. The van der Waals surface area contributed by atoms with Crippen molar-refractivity contribution in [3.05, 3.63) is 70.1 Å². The molecule has 1 aromatic heterocycles. The average molecular weight is 403 g/mol. The summed E-state index contributed by atoms with van der Waals surface area (Å²) in [7, 11) is 4.11. The Morgan fingerprint density at radius 2 is 1.48 bits per heavy atom. The van der Waals surface area contributed by atoms with Gasteiger partial charge in [-0.2, -0.15) is 10.5 Å². The summed E-state index contributed by atoms with van der Waals surface area (Å²) < 4.78 is 2.13. The maximum absolute atomic E-state index is 9.22. The fraction of sp³-hybridized carbons (Fsp3) is 0.154. The molecule has 5 nitrogen and oxygen atoms in total. The largest absolute Gasteiger partial charge is 0.344 e. The van der Waals surface area contributed by atoms with E-state index in [0.29, 0.717) is 5.22 Å². The quantitative estimate of drug-likeness (QED) is 0.485. The number of nitrogens with zero attached hydrogens (tertiary/aromatic N) is 4. The van der Waals surface area contributed by atoms with Crippen LogP contribution in [0.4, 0.5) is 11.4 Å². The molecule has 31 heavy (non-hydrogen) atoms. The Kier molecular flexibility index (Phi) is 4.03. The standard InChI is InChI=1S/C26H21N5/c1-15-9-22-25(10-16(15)2)31(4)26(29-22)18-6-8-21-20-7-5-17(19(13-27)14-28)11-23(20)30(3)24(21)12-18/h5-12,29H,1-4H3/b26-18+. The molecule has 1 aliphatic heterocycles. The summed E-state index contributed by atoms with van der Waals surface area (Å²) in [6.07, 6.45) is 0. The van der Waals surface area contributed by atoms with Crippen molar-refractivity contribution >= 4 is 44.6 Å². The van der Waals surface area contributed by atoms with Crippen LogP contribution in [0, 0.1) is 36.5 Å². The summed E-state index contributed by atoms with van der Waals surface area (Å²) in [5, 5.41) is 26.0. The average Bonchev–Trinajstić information content (AvgIpc) is 3.23. The SMILES string of the molecule is Cc1cc2c(cc1C)N(C)/C(=c1\ccc3c4ccc(=C(C#N)C#N)cc4n(C)c3c1)N2. The lowest BCUT2D eigenvalue weighted by atomic mass is 10.1. The molecule has 0 bridgehead atoms. The van der Waals surface area contributed by atoms with Crippen molar-refractivity contribution in [2.75, 3.05) is 17.3 Å². The van der Waals surface area contributed by atoms with E-state index in [1.807, 2.05) is 37.4 Å². The van der Waals surface area contributed by atoms with Gasteiger partial charge in [-0.15, -0.1) is 0 Å². The third-order valence-electron chi connectivity index (χ3n) is 6.36. The lowest BCUT2D eigenvalue weighted by Crippen LogP contribution is -2.22. The lowest BCUT2D eigenvalue weighted by molar-refractivity contribution is 1.01. The van der Waals surface area contributed by atoms with Gasteiger partial charge in [0.2, 0.25) is 0 Å². The number of hydrogen-bond acceptors (Lipinski definition) is 4. The molecule has 5 rings (SSSR count). The minimum absolute atomic E-state index is 0.128. The van der Waals surface area contributed by atoms with E-state index in [-0.39, 0.29) is 5.57 Å². The highest BCUT2D eigenvalue weighted by atomic mass is 15.3. The highest BCUT2D eigenvalue weighted by Gasteiger charge is 2.22. The molecule has 0 aliphatic carbocycles. The van der Waals surface area contributed by atoms with Gasteiger partial charge in [0.15, 0.2) is 0 Å². The van der Waals surface area contributed by atoms with Crippen molar-refractivity contribution in [3.8, 4) is 12.1 Å². The van der Waals surface area contributed by atoms with Crippen LogP contribution < -0.4 is 20.7 Å². The van der Waals surface area contributed by atoms with Gasteiger partial charge in [0, 0.05) is 46.3 Å². The number of anilines is 2. The van der Waals surface area contributed by atoms with E-state index < -0.39 is 0 Å². The number of rotatable bonds is 0. The minimum Gasteiger partial charge on any atom is -0.344 e. The highest BCUT2D eigenvalue weighted by Crippen LogP contribution is 2.37. The van der Waals surface area contributed by atoms with E-state index >= 15 is 0 Å². The summed E-state index contributed by atoms with van der Waals surface area (Å²) in [5.74, 6) is 1.05. The van der Waals surface area contributed by atoms with Crippen LogP contribution >= 0.6 is 0 Å². The molecular weight excluding hydrogens is 382 g/mol. The van der Waals surface area contributed by atoms with Crippen LogP contribution in [0.5, 0.6) is 0 Å². The van der Waals surface area contributed by atoms with E-state index in [4.69, 9.17) is 0 Å². The fourth-order valence-corrected chi connectivity index (χ4v) is 4.44. The van der Waals surface area contributed by atoms with Gasteiger partial charge in [-0.25, -0.2) is 0 Å². The summed E-state index contributed by atoms with van der Waals surface area (Å²) >= 11 is 0. The van der Waals surface area contributed by atoms with Crippen LogP contribution in [-0.4, -0.2) is 11.6 Å². The third-order valence-corrected chi connectivity index (χ3v) is 6.36. The Balaban J connectivity index is 1.76. The molecule has 5 heteroatoms. The topological polar surface area (TPSA) is 67.8 Å².